The van der Waals surface area contributed by atoms with Gasteiger partial charge in [-0.2, -0.15) is 0 Å². The molecule has 0 aromatic heterocycles. The van der Waals surface area contributed by atoms with Crippen LogP contribution in [-0.2, 0) is 11.4 Å². The average molecular weight is 480 g/mol. The summed E-state index contributed by atoms with van der Waals surface area (Å²) in [4.78, 5) is 12.7. The molecule has 1 atom stereocenters. The molecule has 1 amide bonds. The molecule has 1 aliphatic heterocycles. The Morgan fingerprint density at radius 1 is 1.00 bits per heavy atom. The second-order valence-corrected chi connectivity index (χ2v) is 8.92. The van der Waals surface area contributed by atoms with Crippen molar-refractivity contribution < 1.29 is 37.4 Å². The van der Waals surface area contributed by atoms with Crippen LogP contribution in [0.3, 0.4) is 0 Å². The first-order valence-electron chi connectivity index (χ1n) is 11.1. The van der Waals surface area contributed by atoms with Crippen molar-refractivity contribution in [3.05, 3.63) is 54.1 Å². The van der Waals surface area contributed by atoms with Gasteiger partial charge in [0.1, 0.15) is 23.9 Å². The number of hydrogen-bond donors (Lipinski definition) is 3. The summed E-state index contributed by atoms with van der Waals surface area (Å²) in [7, 11) is 0. The van der Waals surface area contributed by atoms with Gasteiger partial charge in [-0.3, -0.25) is 10.0 Å². The van der Waals surface area contributed by atoms with E-state index in [9.17, 15) is 23.2 Å². The normalized spacial score (nSPS) is 21.8. The van der Waals surface area contributed by atoms with E-state index < -0.39 is 17.9 Å². The van der Waals surface area contributed by atoms with Crippen molar-refractivity contribution in [1.29, 1.82) is 0 Å². The Morgan fingerprint density at radius 2 is 1.71 bits per heavy atom. The van der Waals surface area contributed by atoms with Gasteiger partial charge in [0.25, 0.3) is 5.91 Å². The largest absolute Gasteiger partial charge is 0.573 e. The third-order valence-corrected chi connectivity index (χ3v) is 6.58. The van der Waals surface area contributed by atoms with Gasteiger partial charge in [0.15, 0.2) is 5.60 Å². The fourth-order valence-corrected chi connectivity index (χ4v) is 4.87. The van der Waals surface area contributed by atoms with E-state index >= 15 is 0 Å². The summed E-state index contributed by atoms with van der Waals surface area (Å²) in [5.41, 5.74) is 1.27. The summed E-state index contributed by atoms with van der Waals surface area (Å²) in [6, 6.07) is 12.2. The molecule has 4 rings (SSSR count). The number of carbonyl (C=O) groups is 1. The molecule has 2 aromatic rings. The van der Waals surface area contributed by atoms with Gasteiger partial charge in [-0.05, 0) is 74.0 Å². The molecular weight excluding hydrogens is 453 g/mol. The molecule has 1 aliphatic carbocycles. The first kappa shape index (κ1) is 24.2. The van der Waals surface area contributed by atoms with Crippen molar-refractivity contribution >= 4 is 5.91 Å². The highest BCUT2D eigenvalue weighted by atomic mass is 19.4. The first-order valence-corrected chi connectivity index (χ1v) is 11.1. The summed E-state index contributed by atoms with van der Waals surface area (Å²) in [6.07, 6.45) is -0.982. The van der Waals surface area contributed by atoms with Gasteiger partial charge in [-0.15, -0.1) is 13.2 Å². The van der Waals surface area contributed by atoms with Gasteiger partial charge in [-0.25, -0.2) is 5.48 Å². The van der Waals surface area contributed by atoms with Crippen molar-refractivity contribution in [3.8, 4) is 17.2 Å². The fraction of sp³-hybridized carbons (Fsp3) is 0.458. The summed E-state index contributed by atoms with van der Waals surface area (Å²) >= 11 is 0. The van der Waals surface area contributed by atoms with Gasteiger partial charge in [0.05, 0.1) is 0 Å². The minimum absolute atomic E-state index is 0.00780. The highest BCUT2D eigenvalue weighted by Gasteiger charge is 2.54. The lowest BCUT2D eigenvalue weighted by atomic mass is 9.76. The molecule has 1 saturated carbocycles. The number of ether oxygens (including phenoxy) is 3. The van der Waals surface area contributed by atoms with Crippen molar-refractivity contribution in [3.63, 3.8) is 0 Å². The molecule has 0 bridgehead atoms. The SMILES string of the molecule is O=C(NO)C1(Oc2cccc(OCc3ccc(OC(F)(F)F)cc3)c2)CCC2(CCNCC2)C1. The Morgan fingerprint density at radius 3 is 2.38 bits per heavy atom. The van der Waals surface area contributed by atoms with Crippen LogP contribution >= 0.6 is 0 Å². The van der Waals surface area contributed by atoms with Gasteiger partial charge < -0.3 is 19.5 Å². The Bertz CT molecular complexity index is 993. The molecule has 184 valence electrons. The fourth-order valence-electron chi connectivity index (χ4n) is 4.87. The van der Waals surface area contributed by atoms with Crippen molar-refractivity contribution in [2.45, 2.75) is 50.7 Å². The second-order valence-electron chi connectivity index (χ2n) is 8.92. The van der Waals surface area contributed by atoms with Gasteiger partial charge in [0, 0.05) is 12.5 Å². The van der Waals surface area contributed by atoms with Crippen LogP contribution in [0.15, 0.2) is 48.5 Å². The minimum atomic E-state index is -4.74. The summed E-state index contributed by atoms with van der Waals surface area (Å²) in [5.74, 6) is 0.0424. The van der Waals surface area contributed by atoms with Crippen molar-refractivity contribution in [2.75, 3.05) is 13.1 Å². The molecule has 3 N–H and O–H groups in total. The van der Waals surface area contributed by atoms with Crippen LogP contribution in [0.25, 0.3) is 0 Å². The van der Waals surface area contributed by atoms with E-state index in [2.05, 4.69) is 10.1 Å². The van der Waals surface area contributed by atoms with Crippen molar-refractivity contribution in [1.82, 2.24) is 10.8 Å². The number of alkyl halides is 3. The number of hydroxylamine groups is 1. The number of nitrogens with one attached hydrogen (secondary N) is 2. The summed E-state index contributed by atoms with van der Waals surface area (Å²) < 4.78 is 52.7. The molecule has 1 unspecified atom stereocenters. The predicted molar refractivity (Wildman–Crippen MR) is 116 cm³/mol. The molecule has 0 radical (unpaired) electrons. The van der Waals surface area contributed by atoms with E-state index in [1.807, 2.05) is 0 Å². The molecule has 2 aliphatic rings. The van der Waals surface area contributed by atoms with E-state index in [0.29, 0.717) is 29.9 Å². The van der Waals surface area contributed by atoms with Crippen LogP contribution in [0, 0.1) is 5.41 Å². The number of benzene rings is 2. The predicted octanol–water partition coefficient (Wildman–Crippen LogP) is 4.34. The van der Waals surface area contributed by atoms with E-state index in [-0.39, 0.29) is 17.8 Å². The number of amides is 1. The molecule has 1 heterocycles. The maximum atomic E-state index is 12.7. The van der Waals surface area contributed by atoms with Crippen LogP contribution < -0.4 is 25.0 Å². The second kappa shape index (κ2) is 9.71. The standard InChI is InChI=1S/C24H27F3N2O5/c25-24(26,27)34-18-6-4-17(5-7-18)15-32-19-2-1-3-20(14-19)33-23(21(30)29-31)9-8-22(16-23)10-12-28-13-11-22/h1-7,14,28,31H,8-13,15-16H2,(H,29,30). The molecule has 1 saturated heterocycles. The maximum absolute atomic E-state index is 12.7. The first-order chi connectivity index (χ1) is 16.2. The zero-order valence-corrected chi connectivity index (χ0v) is 18.5. The third-order valence-electron chi connectivity index (χ3n) is 6.58. The highest BCUT2D eigenvalue weighted by Crippen LogP contribution is 2.51. The lowest BCUT2D eigenvalue weighted by molar-refractivity contribution is -0.274. The van der Waals surface area contributed by atoms with E-state index in [1.165, 1.54) is 24.3 Å². The summed E-state index contributed by atoms with van der Waals surface area (Å²) in [6.45, 7) is 1.90. The van der Waals surface area contributed by atoms with Gasteiger partial charge in [0.2, 0.25) is 0 Å². The number of piperidine rings is 1. The quantitative estimate of drug-likeness (QED) is 0.404. The molecule has 7 nitrogen and oxygen atoms in total. The monoisotopic (exact) mass is 480 g/mol. The Labute approximate surface area is 195 Å². The molecule has 1 spiro atoms. The lowest BCUT2D eigenvalue weighted by Crippen LogP contribution is -2.50. The smallest absolute Gasteiger partial charge is 0.489 e. The maximum Gasteiger partial charge on any atom is 0.573 e. The molecular formula is C24H27F3N2O5. The Balaban J connectivity index is 1.42. The average Bonchev–Trinajstić information content (AvgIpc) is 3.16. The number of rotatable bonds is 7. The molecule has 2 fully saturated rings. The van der Waals surface area contributed by atoms with Crippen LogP contribution in [0.5, 0.6) is 17.2 Å². The number of hydrogen-bond acceptors (Lipinski definition) is 6. The van der Waals surface area contributed by atoms with Gasteiger partial charge >= 0.3 is 6.36 Å². The minimum Gasteiger partial charge on any atom is -0.489 e. The Hall–Kier alpha value is -2.98. The van der Waals surface area contributed by atoms with Gasteiger partial charge in [-0.1, -0.05) is 18.2 Å². The zero-order chi connectivity index (χ0) is 24.2. The van der Waals surface area contributed by atoms with E-state index in [4.69, 9.17) is 9.47 Å². The highest BCUT2D eigenvalue weighted by molar-refractivity contribution is 5.85. The van der Waals surface area contributed by atoms with E-state index in [0.717, 1.165) is 32.4 Å². The molecule has 34 heavy (non-hydrogen) atoms. The van der Waals surface area contributed by atoms with Crippen LogP contribution in [0.4, 0.5) is 13.2 Å². The molecule has 10 heteroatoms. The zero-order valence-electron chi connectivity index (χ0n) is 18.5. The molecule has 2 aromatic carbocycles. The summed E-state index contributed by atoms with van der Waals surface area (Å²) in [5, 5.41) is 12.7. The van der Waals surface area contributed by atoms with Crippen LogP contribution in [0.2, 0.25) is 0 Å². The Kier molecular flexibility index (Phi) is 6.90. The number of carbonyl (C=O) groups excluding carboxylic acids is 1. The topological polar surface area (TPSA) is 89.1 Å². The third kappa shape index (κ3) is 5.74. The lowest BCUT2D eigenvalue weighted by Gasteiger charge is -2.36. The van der Waals surface area contributed by atoms with Crippen LogP contribution in [0.1, 0.15) is 37.7 Å². The number of halogens is 3. The van der Waals surface area contributed by atoms with Crippen molar-refractivity contribution in [2.24, 2.45) is 5.41 Å². The van der Waals surface area contributed by atoms with E-state index in [1.54, 1.807) is 29.7 Å². The van der Waals surface area contributed by atoms with Crippen LogP contribution in [-0.4, -0.2) is 36.2 Å².